The Kier molecular flexibility index (Phi) is 6.42. The monoisotopic (exact) mass is 333 g/mol. The summed E-state index contributed by atoms with van der Waals surface area (Å²) in [6.07, 6.45) is 3.59. The molecule has 1 saturated heterocycles. The number of rotatable bonds is 4. The molecular weight excluding hydrogens is 302 g/mol. The zero-order valence-corrected chi connectivity index (χ0v) is 16.0. The van der Waals surface area contributed by atoms with Gasteiger partial charge < -0.3 is 15.1 Å². The van der Waals surface area contributed by atoms with E-state index in [9.17, 15) is 0 Å². The smallest absolute Gasteiger partial charge is 0.173 e. The molecular formula is C19H31N3S. The third kappa shape index (κ3) is 4.67. The number of aryl methyl sites for hydroxylation is 2. The average Bonchev–Trinajstić information content (AvgIpc) is 2.56. The third-order valence-electron chi connectivity index (χ3n) is 5.24. The number of nitrogens with one attached hydrogen (secondary N) is 1. The fraction of sp³-hybridized carbons (Fsp3) is 0.632. The number of benzene rings is 1. The Labute approximate surface area is 147 Å². The van der Waals surface area contributed by atoms with Crippen molar-refractivity contribution in [3.8, 4) is 0 Å². The summed E-state index contributed by atoms with van der Waals surface area (Å²) in [5, 5.41) is 4.29. The van der Waals surface area contributed by atoms with E-state index in [2.05, 4.69) is 68.1 Å². The second-order valence-corrected chi connectivity index (χ2v) is 7.28. The molecule has 1 aliphatic rings. The first kappa shape index (κ1) is 18.2. The Morgan fingerprint density at radius 2 is 2.00 bits per heavy atom. The molecule has 3 nitrogen and oxygen atoms in total. The predicted octanol–water partition coefficient (Wildman–Crippen LogP) is 4.19. The van der Waals surface area contributed by atoms with E-state index < -0.39 is 0 Å². The van der Waals surface area contributed by atoms with E-state index in [0.717, 1.165) is 23.9 Å². The fourth-order valence-corrected chi connectivity index (χ4v) is 3.56. The van der Waals surface area contributed by atoms with Gasteiger partial charge in [-0.25, -0.2) is 0 Å². The van der Waals surface area contributed by atoms with Crippen molar-refractivity contribution in [1.82, 2.24) is 9.80 Å². The maximum atomic E-state index is 5.63. The topological polar surface area (TPSA) is 18.5 Å². The number of piperidine rings is 1. The summed E-state index contributed by atoms with van der Waals surface area (Å²) in [5.74, 6) is 0. The van der Waals surface area contributed by atoms with Gasteiger partial charge in [0, 0.05) is 30.9 Å². The lowest BCUT2D eigenvalue weighted by Crippen LogP contribution is -2.48. The van der Waals surface area contributed by atoms with Gasteiger partial charge in [-0.3, -0.25) is 0 Å². The molecule has 2 rings (SSSR count). The van der Waals surface area contributed by atoms with Gasteiger partial charge in [0.2, 0.25) is 0 Å². The van der Waals surface area contributed by atoms with Crippen LogP contribution < -0.4 is 5.32 Å². The number of anilines is 1. The van der Waals surface area contributed by atoms with Crippen molar-refractivity contribution in [2.45, 2.75) is 59.0 Å². The molecule has 0 aromatic heterocycles. The third-order valence-corrected chi connectivity index (χ3v) is 5.60. The first-order chi connectivity index (χ1) is 10.9. The molecule has 0 amide bonds. The van der Waals surface area contributed by atoms with Crippen molar-refractivity contribution < 1.29 is 0 Å². The minimum Gasteiger partial charge on any atom is -0.349 e. The van der Waals surface area contributed by atoms with Gasteiger partial charge in [-0.15, -0.1) is 0 Å². The molecule has 0 bridgehead atoms. The molecule has 0 saturated carbocycles. The van der Waals surface area contributed by atoms with Gasteiger partial charge in [-0.2, -0.15) is 0 Å². The maximum absolute atomic E-state index is 5.63. The second-order valence-electron chi connectivity index (χ2n) is 6.89. The lowest BCUT2D eigenvalue weighted by atomic mass is 10.0. The van der Waals surface area contributed by atoms with Crippen LogP contribution in [0.1, 0.15) is 44.2 Å². The molecule has 23 heavy (non-hydrogen) atoms. The van der Waals surface area contributed by atoms with E-state index in [0.29, 0.717) is 12.1 Å². The molecule has 0 spiro atoms. The number of hydrogen-bond acceptors (Lipinski definition) is 2. The van der Waals surface area contributed by atoms with Crippen LogP contribution in [0.25, 0.3) is 0 Å². The summed E-state index contributed by atoms with van der Waals surface area (Å²) >= 11 is 5.63. The van der Waals surface area contributed by atoms with Crippen LogP contribution in [0.2, 0.25) is 0 Å². The lowest BCUT2D eigenvalue weighted by Gasteiger charge is -2.40. The molecule has 1 aromatic rings. The normalized spacial score (nSPS) is 17.4. The molecule has 1 atom stereocenters. The van der Waals surface area contributed by atoms with Crippen molar-refractivity contribution in [3.63, 3.8) is 0 Å². The van der Waals surface area contributed by atoms with Crippen molar-refractivity contribution in [2.75, 3.05) is 25.5 Å². The second kappa shape index (κ2) is 8.11. The molecule has 0 unspecified atom stereocenters. The van der Waals surface area contributed by atoms with Crippen molar-refractivity contribution in [2.24, 2.45) is 0 Å². The van der Waals surface area contributed by atoms with Crippen LogP contribution >= 0.6 is 12.2 Å². The minimum atomic E-state index is 0.659. The fourth-order valence-electron chi connectivity index (χ4n) is 3.27. The van der Waals surface area contributed by atoms with Gasteiger partial charge in [-0.05, 0) is 70.9 Å². The summed E-state index contributed by atoms with van der Waals surface area (Å²) in [4.78, 5) is 4.85. The molecule has 0 aliphatic carbocycles. The zero-order chi connectivity index (χ0) is 17.0. The van der Waals surface area contributed by atoms with E-state index in [1.165, 1.54) is 30.4 Å². The average molecular weight is 334 g/mol. The van der Waals surface area contributed by atoms with E-state index in [4.69, 9.17) is 12.2 Å². The van der Waals surface area contributed by atoms with Crippen molar-refractivity contribution >= 4 is 23.0 Å². The Bertz CT molecular complexity index is 535. The van der Waals surface area contributed by atoms with Crippen LogP contribution in [0.3, 0.4) is 0 Å². The highest BCUT2D eigenvalue weighted by Gasteiger charge is 2.25. The highest BCUT2D eigenvalue weighted by atomic mass is 32.1. The molecule has 0 radical (unpaired) electrons. The van der Waals surface area contributed by atoms with Crippen molar-refractivity contribution in [3.05, 3.63) is 29.3 Å². The minimum absolute atomic E-state index is 0.659. The van der Waals surface area contributed by atoms with Crippen LogP contribution in [0.15, 0.2) is 18.2 Å². The highest BCUT2D eigenvalue weighted by Crippen LogP contribution is 2.21. The number of nitrogens with zero attached hydrogens (tertiary/aromatic N) is 2. The Morgan fingerprint density at radius 1 is 1.35 bits per heavy atom. The Hall–Kier alpha value is -1.13. The summed E-state index contributed by atoms with van der Waals surface area (Å²) < 4.78 is 0. The van der Waals surface area contributed by atoms with Gasteiger partial charge in [0.25, 0.3) is 0 Å². The van der Waals surface area contributed by atoms with Gasteiger partial charge in [-0.1, -0.05) is 24.6 Å². The van der Waals surface area contributed by atoms with Crippen LogP contribution in [-0.2, 0) is 0 Å². The van der Waals surface area contributed by atoms with E-state index in [1.807, 2.05) is 0 Å². The van der Waals surface area contributed by atoms with Gasteiger partial charge in [0.15, 0.2) is 5.11 Å². The van der Waals surface area contributed by atoms with E-state index in [-0.39, 0.29) is 0 Å². The molecule has 1 fully saturated rings. The molecule has 4 heteroatoms. The number of thiocarbonyl (C=S) groups is 1. The Balaban J connectivity index is 1.88. The van der Waals surface area contributed by atoms with E-state index in [1.54, 1.807) is 0 Å². The molecule has 1 aromatic carbocycles. The maximum Gasteiger partial charge on any atom is 0.173 e. The van der Waals surface area contributed by atoms with Gasteiger partial charge >= 0.3 is 0 Å². The van der Waals surface area contributed by atoms with Gasteiger partial charge in [0.1, 0.15) is 0 Å². The van der Waals surface area contributed by atoms with E-state index >= 15 is 0 Å². The highest BCUT2D eigenvalue weighted by molar-refractivity contribution is 7.80. The predicted molar refractivity (Wildman–Crippen MR) is 104 cm³/mol. The summed E-state index contributed by atoms with van der Waals surface area (Å²) in [5.41, 5.74) is 3.66. The number of hydrogen-bond donors (Lipinski definition) is 1. The van der Waals surface area contributed by atoms with Crippen LogP contribution in [0, 0.1) is 13.8 Å². The van der Waals surface area contributed by atoms with Crippen LogP contribution in [-0.4, -0.2) is 47.1 Å². The van der Waals surface area contributed by atoms with Crippen LogP contribution in [0.4, 0.5) is 5.69 Å². The molecule has 1 N–H and O–H groups in total. The summed E-state index contributed by atoms with van der Waals surface area (Å²) in [6, 6.07) is 7.79. The summed E-state index contributed by atoms with van der Waals surface area (Å²) in [7, 11) is 2.26. The molecule has 1 heterocycles. The van der Waals surface area contributed by atoms with Gasteiger partial charge in [0.05, 0.1) is 0 Å². The SMILES string of the molecule is CC[C@@H](C)N(C)C1CCN(C(=S)Nc2ccc(C)cc2C)CC1. The number of likely N-dealkylation sites (tertiary alicyclic amines) is 1. The quantitative estimate of drug-likeness (QED) is 0.832. The van der Waals surface area contributed by atoms with Crippen molar-refractivity contribution in [1.29, 1.82) is 0 Å². The lowest BCUT2D eigenvalue weighted by molar-refractivity contribution is 0.126. The molecule has 128 valence electrons. The summed E-state index contributed by atoms with van der Waals surface area (Å²) in [6.45, 7) is 10.9. The first-order valence-corrected chi connectivity index (χ1v) is 9.18. The standard InChI is InChI=1S/C19H31N3S/c1-6-16(4)21(5)17-9-11-22(12-10-17)19(23)20-18-8-7-14(2)13-15(18)3/h7-8,13,16-17H,6,9-12H2,1-5H3,(H,20,23)/t16-/m1/s1. The largest absolute Gasteiger partial charge is 0.349 e. The Morgan fingerprint density at radius 3 is 2.57 bits per heavy atom. The zero-order valence-electron chi connectivity index (χ0n) is 15.2. The first-order valence-electron chi connectivity index (χ1n) is 8.77. The van der Waals surface area contributed by atoms with Crippen LogP contribution in [0.5, 0.6) is 0 Å². The molecule has 1 aliphatic heterocycles.